The van der Waals surface area contributed by atoms with E-state index >= 15 is 0 Å². The van der Waals surface area contributed by atoms with Crippen LogP contribution in [0.1, 0.15) is 16.7 Å². The zero-order chi connectivity index (χ0) is 21.9. The summed E-state index contributed by atoms with van der Waals surface area (Å²) in [6.07, 6.45) is 0. The first-order chi connectivity index (χ1) is 14.2. The number of rotatable bonds is 7. The Hall–Kier alpha value is -3.19. The van der Waals surface area contributed by atoms with E-state index in [1.54, 1.807) is 12.1 Å². The summed E-state index contributed by atoms with van der Waals surface area (Å²) in [5.41, 5.74) is 5.30. The van der Waals surface area contributed by atoms with E-state index in [1.165, 1.54) is 30.3 Å². The van der Waals surface area contributed by atoms with Crippen LogP contribution in [0.15, 0.2) is 65.6 Å². The Bertz CT molecular complexity index is 1190. The highest BCUT2D eigenvalue weighted by Gasteiger charge is 2.18. The van der Waals surface area contributed by atoms with E-state index in [0.29, 0.717) is 11.3 Å². The van der Waals surface area contributed by atoms with Crippen molar-refractivity contribution in [1.29, 1.82) is 0 Å². The summed E-state index contributed by atoms with van der Waals surface area (Å²) < 4.78 is 38.2. The van der Waals surface area contributed by atoms with E-state index in [1.807, 2.05) is 26.0 Å². The molecule has 0 fully saturated rings. The lowest BCUT2D eigenvalue weighted by molar-refractivity contribution is -0.134. The molecule has 0 bridgehead atoms. The van der Waals surface area contributed by atoms with Crippen LogP contribution in [0.2, 0.25) is 0 Å². The van der Waals surface area contributed by atoms with Crippen molar-refractivity contribution in [2.24, 2.45) is 0 Å². The molecule has 2 N–H and O–H groups in total. The Morgan fingerprint density at radius 1 is 1.00 bits per heavy atom. The molecule has 0 aliphatic heterocycles. The van der Waals surface area contributed by atoms with Crippen LogP contribution in [0.3, 0.4) is 0 Å². The van der Waals surface area contributed by atoms with Gasteiger partial charge in [-0.1, -0.05) is 29.8 Å². The molecular formula is C23H22FNO4S. The minimum atomic E-state index is -3.88. The second-order valence-electron chi connectivity index (χ2n) is 7.16. The second-order valence-corrected chi connectivity index (χ2v) is 9.14. The Labute approximate surface area is 175 Å². The number of hydrogen-bond donors (Lipinski definition) is 2. The van der Waals surface area contributed by atoms with Gasteiger partial charge in [0.15, 0.2) is 15.6 Å². The summed E-state index contributed by atoms with van der Waals surface area (Å²) in [6.45, 7) is 4.25. The lowest BCUT2D eigenvalue weighted by Gasteiger charge is -2.12. The van der Waals surface area contributed by atoms with Crippen molar-refractivity contribution < 1.29 is 22.7 Å². The quantitative estimate of drug-likeness (QED) is 0.577. The minimum absolute atomic E-state index is 0.0709. The van der Waals surface area contributed by atoms with Gasteiger partial charge in [0.1, 0.15) is 5.82 Å². The average Bonchev–Trinajstić information content (AvgIpc) is 2.67. The third-order valence-corrected chi connectivity index (χ3v) is 6.37. The lowest BCUT2D eigenvalue weighted by Crippen LogP contribution is -2.15. The fourth-order valence-corrected chi connectivity index (χ4v) is 4.28. The van der Waals surface area contributed by atoms with Crippen LogP contribution in [0.5, 0.6) is 0 Å². The van der Waals surface area contributed by atoms with Crippen molar-refractivity contribution in [2.75, 3.05) is 11.1 Å². The molecule has 5 nitrogen and oxygen atoms in total. The van der Waals surface area contributed by atoms with Crippen LogP contribution >= 0.6 is 0 Å². The lowest BCUT2D eigenvalue weighted by atomic mass is 9.97. The number of hydrogen-bond acceptors (Lipinski definition) is 4. The molecule has 156 valence electrons. The number of sulfone groups is 1. The zero-order valence-electron chi connectivity index (χ0n) is 16.6. The molecule has 0 unspecified atom stereocenters. The summed E-state index contributed by atoms with van der Waals surface area (Å²) >= 11 is 0. The molecule has 0 atom stereocenters. The molecule has 3 rings (SSSR count). The number of aryl methyl sites for hydroxylation is 2. The minimum Gasteiger partial charge on any atom is -0.480 e. The molecule has 3 aromatic carbocycles. The van der Waals surface area contributed by atoms with Crippen LogP contribution in [-0.2, 0) is 21.2 Å². The molecule has 0 spiro atoms. The number of carbonyl (C=O) groups is 1. The second kappa shape index (κ2) is 8.67. The first kappa shape index (κ1) is 21.5. The Morgan fingerprint density at radius 3 is 2.33 bits per heavy atom. The molecule has 7 heteroatoms. The standard InChI is InChI=1S/C23H22FNO4S/c1-15-3-9-21(16(2)11-15)17-4-10-22(24)18(12-17)13-25-19-5-7-20(8-6-19)30(28,29)14-23(26)27/h3-12,25H,13-14H2,1-2H3,(H,26,27). The number of halogens is 1. The monoisotopic (exact) mass is 427 g/mol. The highest BCUT2D eigenvalue weighted by Crippen LogP contribution is 2.27. The molecule has 0 heterocycles. The molecule has 0 amide bonds. The van der Waals surface area contributed by atoms with Gasteiger partial charge in [-0.15, -0.1) is 0 Å². The third kappa shape index (κ3) is 5.04. The zero-order valence-corrected chi connectivity index (χ0v) is 17.5. The van der Waals surface area contributed by atoms with Crippen LogP contribution in [-0.4, -0.2) is 25.2 Å². The SMILES string of the molecule is Cc1ccc(-c2ccc(F)c(CNc3ccc(S(=O)(=O)CC(=O)O)cc3)c2)c(C)c1. The Morgan fingerprint density at radius 2 is 1.70 bits per heavy atom. The van der Waals surface area contributed by atoms with E-state index in [-0.39, 0.29) is 17.3 Å². The predicted molar refractivity (Wildman–Crippen MR) is 115 cm³/mol. The van der Waals surface area contributed by atoms with Gasteiger partial charge in [-0.3, -0.25) is 4.79 Å². The number of anilines is 1. The number of nitrogens with one attached hydrogen (secondary N) is 1. The van der Waals surface area contributed by atoms with Crippen LogP contribution in [0.25, 0.3) is 11.1 Å². The Balaban J connectivity index is 1.77. The van der Waals surface area contributed by atoms with Gasteiger partial charge >= 0.3 is 5.97 Å². The van der Waals surface area contributed by atoms with E-state index in [9.17, 15) is 17.6 Å². The average molecular weight is 427 g/mol. The molecule has 30 heavy (non-hydrogen) atoms. The molecule has 0 radical (unpaired) electrons. The van der Waals surface area contributed by atoms with E-state index < -0.39 is 21.6 Å². The van der Waals surface area contributed by atoms with Crippen molar-refractivity contribution in [2.45, 2.75) is 25.3 Å². The van der Waals surface area contributed by atoms with Gasteiger partial charge in [0.2, 0.25) is 0 Å². The van der Waals surface area contributed by atoms with Crippen molar-refractivity contribution in [1.82, 2.24) is 0 Å². The summed E-state index contributed by atoms with van der Waals surface area (Å²) in [5.74, 6) is -2.70. The molecule has 0 saturated carbocycles. The first-order valence-electron chi connectivity index (χ1n) is 9.30. The van der Waals surface area contributed by atoms with Crippen LogP contribution in [0.4, 0.5) is 10.1 Å². The normalized spacial score (nSPS) is 11.3. The highest BCUT2D eigenvalue weighted by molar-refractivity contribution is 7.92. The maximum atomic E-state index is 14.3. The van der Waals surface area contributed by atoms with Gasteiger partial charge in [0.25, 0.3) is 0 Å². The maximum absolute atomic E-state index is 14.3. The highest BCUT2D eigenvalue weighted by atomic mass is 32.2. The largest absolute Gasteiger partial charge is 0.480 e. The van der Waals surface area contributed by atoms with Crippen molar-refractivity contribution in [3.05, 3.63) is 83.2 Å². The van der Waals surface area contributed by atoms with E-state index in [2.05, 4.69) is 11.4 Å². The molecule has 0 aliphatic carbocycles. The molecule has 0 aromatic heterocycles. The molecule has 0 saturated heterocycles. The predicted octanol–water partition coefficient (Wildman–Crippen LogP) is 4.58. The maximum Gasteiger partial charge on any atom is 0.319 e. The third-order valence-electron chi connectivity index (χ3n) is 4.75. The molecular weight excluding hydrogens is 405 g/mol. The number of aliphatic carboxylic acids is 1. The van der Waals surface area contributed by atoms with E-state index in [4.69, 9.17) is 5.11 Å². The van der Waals surface area contributed by atoms with Crippen molar-refractivity contribution >= 4 is 21.5 Å². The van der Waals surface area contributed by atoms with Crippen LogP contribution < -0.4 is 5.32 Å². The number of carboxylic acid groups (broad SMARTS) is 1. The van der Waals surface area contributed by atoms with Gasteiger partial charge in [0, 0.05) is 17.8 Å². The molecule has 3 aromatic rings. The number of benzene rings is 3. The van der Waals surface area contributed by atoms with Crippen molar-refractivity contribution in [3.8, 4) is 11.1 Å². The summed E-state index contributed by atoms with van der Waals surface area (Å²) in [5, 5.41) is 11.8. The Kier molecular flexibility index (Phi) is 6.22. The first-order valence-corrected chi connectivity index (χ1v) is 11.0. The van der Waals surface area contributed by atoms with Gasteiger partial charge in [-0.25, -0.2) is 12.8 Å². The fraction of sp³-hybridized carbons (Fsp3) is 0.174. The summed E-state index contributed by atoms with van der Waals surface area (Å²) in [4.78, 5) is 10.6. The molecule has 0 aliphatic rings. The summed E-state index contributed by atoms with van der Waals surface area (Å²) in [6, 6.07) is 16.8. The van der Waals surface area contributed by atoms with Gasteiger partial charge in [0.05, 0.1) is 4.90 Å². The number of carboxylic acids is 1. The van der Waals surface area contributed by atoms with Crippen LogP contribution in [0, 0.1) is 19.7 Å². The van der Waals surface area contributed by atoms with Crippen molar-refractivity contribution in [3.63, 3.8) is 0 Å². The van der Waals surface area contributed by atoms with Gasteiger partial charge in [-0.2, -0.15) is 0 Å². The fourth-order valence-electron chi connectivity index (χ4n) is 3.24. The smallest absolute Gasteiger partial charge is 0.319 e. The van der Waals surface area contributed by atoms with Gasteiger partial charge < -0.3 is 10.4 Å². The topological polar surface area (TPSA) is 83.5 Å². The summed E-state index contributed by atoms with van der Waals surface area (Å²) in [7, 11) is -3.88. The van der Waals surface area contributed by atoms with Gasteiger partial charge in [-0.05, 0) is 66.9 Å². The van der Waals surface area contributed by atoms with E-state index in [0.717, 1.165) is 22.3 Å².